The lowest BCUT2D eigenvalue weighted by Gasteiger charge is -2.33. The van der Waals surface area contributed by atoms with E-state index in [0.717, 1.165) is 0 Å². The molecule has 1 atom stereocenters. The molecule has 0 aliphatic rings. The summed E-state index contributed by atoms with van der Waals surface area (Å²) in [5.41, 5.74) is 4.18. The number of aromatic nitrogens is 2. The van der Waals surface area contributed by atoms with E-state index in [2.05, 4.69) is 9.97 Å². The normalized spacial score (nSPS) is 15.8. The van der Waals surface area contributed by atoms with Crippen molar-refractivity contribution in [3.8, 4) is 0 Å². The molecule has 0 aromatic carbocycles. The van der Waals surface area contributed by atoms with Gasteiger partial charge in [0.05, 0.1) is 0 Å². The van der Waals surface area contributed by atoms with Crippen LogP contribution in [0.4, 0.5) is 0 Å². The highest BCUT2D eigenvalue weighted by atomic mass is 16.5. The molecule has 0 bridgehead atoms. The molecule has 0 saturated heterocycles. The van der Waals surface area contributed by atoms with Gasteiger partial charge in [0, 0.05) is 19.5 Å². The van der Waals surface area contributed by atoms with E-state index < -0.39 is 11.5 Å². The van der Waals surface area contributed by atoms with E-state index in [-0.39, 0.29) is 5.41 Å². The van der Waals surface area contributed by atoms with E-state index in [0.29, 0.717) is 12.2 Å². The highest BCUT2D eigenvalue weighted by molar-refractivity contribution is 5.84. The van der Waals surface area contributed by atoms with Crippen LogP contribution in [0.1, 0.15) is 33.0 Å². The Morgan fingerprint density at radius 1 is 1.56 bits per heavy atom. The van der Waals surface area contributed by atoms with E-state index in [1.807, 2.05) is 20.8 Å². The van der Waals surface area contributed by atoms with E-state index in [4.69, 9.17) is 10.5 Å². The third-order valence-electron chi connectivity index (χ3n) is 2.41. The highest BCUT2D eigenvalue weighted by Crippen LogP contribution is 2.35. The summed E-state index contributed by atoms with van der Waals surface area (Å²) in [6.07, 6.45) is 3.70. The van der Waals surface area contributed by atoms with Gasteiger partial charge in [0.2, 0.25) is 5.60 Å². The molecule has 1 unspecified atom stereocenters. The third-order valence-corrected chi connectivity index (χ3v) is 2.41. The number of hydrogen-bond donors (Lipinski definition) is 2. The average molecular weight is 225 g/mol. The van der Waals surface area contributed by atoms with Crippen molar-refractivity contribution in [1.29, 1.82) is 0 Å². The van der Waals surface area contributed by atoms with Crippen molar-refractivity contribution in [2.24, 2.45) is 11.1 Å². The number of carbonyl (C=O) groups is 1. The lowest BCUT2D eigenvalue weighted by molar-refractivity contribution is -0.146. The molecule has 16 heavy (non-hydrogen) atoms. The molecule has 0 aliphatic carbocycles. The second kappa shape index (κ2) is 4.25. The molecular formula is C11H19N3O2. The Morgan fingerprint density at radius 2 is 2.19 bits per heavy atom. The Balaban J connectivity index is 3.16. The van der Waals surface area contributed by atoms with Crippen LogP contribution < -0.4 is 5.73 Å². The van der Waals surface area contributed by atoms with Crippen LogP contribution in [0.5, 0.6) is 0 Å². The lowest BCUT2D eigenvalue weighted by atomic mass is 9.80. The van der Waals surface area contributed by atoms with Crippen LogP contribution >= 0.6 is 0 Å². The molecule has 5 heteroatoms. The zero-order chi connectivity index (χ0) is 12.4. The van der Waals surface area contributed by atoms with Crippen LogP contribution in [-0.4, -0.2) is 23.0 Å². The highest BCUT2D eigenvalue weighted by Gasteiger charge is 2.44. The minimum Gasteiger partial charge on any atom is -0.367 e. The largest absolute Gasteiger partial charge is 0.367 e. The zero-order valence-corrected chi connectivity index (χ0v) is 10.2. The number of hydrogen-bond acceptors (Lipinski definition) is 3. The molecule has 0 radical (unpaired) electrons. The van der Waals surface area contributed by atoms with Gasteiger partial charge in [-0.25, -0.2) is 4.98 Å². The Morgan fingerprint density at radius 3 is 2.50 bits per heavy atom. The first kappa shape index (κ1) is 12.7. The number of rotatable bonds is 4. The van der Waals surface area contributed by atoms with Gasteiger partial charge in [0.15, 0.2) is 0 Å². The number of aromatic amines is 1. The molecule has 5 nitrogen and oxygen atoms in total. The van der Waals surface area contributed by atoms with E-state index in [9.17, 15) is 4.79 Å². The fourth-order valence-electron chi connectivity index (χ4n) is 1.79. The zero-order valence-electron chi connectivity index (χ0n) is 10.2. The number of H-pyrrole nitrogens is 1. The number of nitrogens with two attached hydrogens (primary N) is 1. The molecular weight excluding hydrogens is 206 g/mol. The van der Waals surface area contributed by atoms with E-state index >= 15 is 0 Å². The number of nitrogens with zero attached hydrogens (tertiary/aromatic N) is 1. The standard InChI is InChI=1S/C11H19N3O2/c1-10(2,3)7-11(16-4,8(12)15)9-13-5-6-14-9/h5-6H,7H2,1-4H3,(H2,12,15)(H,13,14). The molecule has 0 aliphatic heterocycles. The molecule has 1 heterocycles. The maximum absolute atomic E-state index is 11.7. The number of carbonyl (C=O) groups excluding carboxylic acids is 1. The fourth-order valence-corrected chi connectivity index (χ4v) is 1.79. The molecule has 0 spiro atoms. The Bertz CT molecular complexity index is 354. The smallest absolute Gasteiger partial charge is 0.257 e. The summed E-state index contributed by atoms with van der Waals surface area (Å²) in [6, 6.07) is 0. The summed E-state index contributed by atoms with van der Waals surface area (Å²) in [6.45, 7) is 6.06. The van der Waals surface area contributed by atoms with E-state index in [1.165, 1.54) is 7.11 Å². The molecule has 1 aromatic rings. The van der Waals surface area contributed by atoms with Crippen molar-refractivity contribution < 1.29 is 9.53 Å². The molecule has 0 fully saturated rings. The van der Waals surface area contributed by atoms with Crippen LogP contribution in [0.15, 0.2) is 12.4 Å². The van der Waals surface area contributed by atoms with Gasteiger partial charge in [-0.1, -0.05) is 20.8 Å². The Kier molecular flexibility index (Phi) is 3.38. The van der Waals surface area contributed by atoms with Gasteiger partial charge in [0.25, 0.3) is 5.91 Å². The van der Waals surface area contributed by atoms with Gasteiger partial charge in [0.1, 0.15) is 5.82 Å². The first-order chi connectivity index (χ1) is 7.32. The summed E-state index contributed by atoms with van der Waals surface area (Å²) >= 11 is 0. The maximum Gasteiger partial charge on any atom is 0.257 e. The monoisotopic (exact) mass is 225 g/mol. The van der Waals surface area contributed by atoms with Crippen LogP contribution in [0.25, 0.3) is 0 Å². The molecule has 1 aromatic heterocycles. The first-order valence-corrected chi connectivity index (χ1v) is 5.17. The fraction of sp³-hybridized carbons (Fsp3) is 0.636. The minimum atomic E-state index is -1.18. The maximum atomic E-state index is 11.7. The van der Waals surface area contributed by atoms with Gasteiger partial charge >= 0.3 is 0 Å². The number of methoxy groups -OCH3 is 1. The van der Waals surface area contributed by atoms with Crippen LogP contribution in [0.2, 0.25) is 0 Å². The van der Waals surface area contributed by atoms with Gasteiger partial charge in [-0.2, -0.15) is 0 Å². The van der Waals surface area contributed by atoms with Crippen molar-refractivity contribution in [1.82, 2.24) is 9.97 Å². The molecule has 0 saturated carbocycles. The predicted molar refractivity (Wildman–Crippen MR) is 60.5 cm³/mol. The van der Waals surface area contributed by atoms with Crippen molar-refractivity contribution in [3.05, 3.63) is 18.2 Å². The number of nitrogens with one attached hydrogen (secondary N) is 1. The summed E-state index contributed by atoms with van der Waals surface area (Å²) in [5.74, 6) is -0.0719. The molecule has 1 rings (SSSR count). The minimum absolute atomic E-state index is 0.0994. The van der Waals surface area contributed by atoms with Crippen LogP contribution in [0.3, 0.4) is 0 Å². The summed E-state index contributed by atoms with van der Waals surface area (Å²) in [7, 11) is 1.47. The second-order valence-corrected chi connectivity index (χ2v) is 5.07. The van der Waals surface area contributed by atoms with Crippen LogP contribution in [-0.2, 0) is 15.1 Å². The Hall–Kier alpha value is -1.36. The van der Waals surface area contributed by atoms with Crippen molar-refractivity contribution in [2.75, 3.05) is 7.11 Å². The quantitative estimate of drug-likeness (QED) is 0.807. The number of amides is 1. The van der Waals surface area contributed by atoms with Gasteiger partial charge in [-0.3, -0.25) is 4.79 Å². The van der Waals surface area contributed by atoms with Gasteiger partial charge < -0.3 is 15.5 Å². The number of ether oxygens (including phenoxy) is 1. The first-order valence-electron chi connectivity index (χ1n) is 5.17. The lowest BCUT2D eigenvalue weighted by Crippen LogP contribution is -2.46. The number of primary amides is 1. The SMILES string of the molecule is COC(CC(C)(C)C)(C(N)=O)c1ncc[nH]1. The predicted octanol–water partition coefficient (Wildman–Crippen LogP) is 1.17. The van der Waals surface area contributed by atoms with Crippen molar-refractivity contribution in [3.63, 3.8) is 0 Å². The summed E-state index contributed by atoms with van der Waals surface area (Å²) < 4.78 is 5.35. The average Bonchev–Trinajstić information content (AvgIpc) is 2.65. The molecule has 1 amide bonds. The van der Waals surface area contributed by atoms with Crippen molar-refractivity contribution >= 4 is 5.91 Å². The van der Waals surface area contributed by atoms with Crippen LogP contribution in [0, 0.1) is 5.41 Å². The summed E-state index contributed by atoms with van der Waals surface area (Å²) in [5, 5.41) is 0. The third kappa shape index (κ3) is 2.41. The Labute approximate surface area is 95.4 Å². The van der Waals surface area contributed by atoms with E-state index in [1.54, 1.807) is 12.4 Å². The van der Waals surface area contributed by atoms with Gasteiger partial charge in [-0.05, 0) is 11.8 Å². The second-order valence-electron chi connectivity index (χ2n) is 5.07. The molecule has 3 N–H and O–H groups in total. The summed E-state index contributed by atoms with van der Waals surface area (Å²) in [4.78, 5) is 18.6. The molecule has 90 valence electrons. The van der Waals surface area contributed by atoms with Gasteiger partial charge in [-0.15, -0.1) is 0 Å². The van der Waals surface area contributed by atoms with Crippen molar-refractivity contribution in [2.45, 2.75) is 32.8 Å². The number of imidazole rings is 1. The topological polar surface area (TPSA) is 81.0 Å².